The summed E-state index contributed by atoms with van der Waals surface area (Å²) in [4.78, 5) is 8.44. The Morgan fingerprint density at radius 2 is 2.12 bits per heavy atom. The van der Waals surface area contributed by atoms with Crippen molar-refractivity contribution in [3.8, 4) is 5.75 Å². The molecule has 0 aliphatic heterocycles. The van der Waals surface area contributed by atoms with E-state index >= 15 is 0 Å². The van der Waals surface area contributed by atoms with Crippen LogP contribution in [0.4, 0.5) is 0 Å². The van der Waals surface area contributed by atoms with Crippen LogP contribution in [0.25, 0.3) is 0 Å². The fourth-order valence-electron chi connectivity index (χ4n) is 1.33. The van der Waals surface area contributed by atoms with Crippen LogP contribution in [0.15, 0.2) is 23.7 Å². The second-order valence-corrected chi connectivity index (χ2v) is 4.53. The number of nitrogens with zero attached hydrogens (tertiary/aromatic N) is 2. The Balaban J connectivity index is 1.82. The Morgan fingerprint density at radius 1 is 1.31 bits per heavy atom. The van der Waals surface area contributed by atoms with Gasteiger partial charge >= 0.3 is 0 Å². The third kappa shape index (κ3) is 3.01. The lowest BCUT2D eigenvalue weighted by molar-refractivity contribution is 0.471. The first kappa shape index (κ1) is 11.0. The molecule has 84 valence electrons. The van der Waals surface area contributed by atoms with Gasteiger partial charge in [0.25, 0.3) is 0 Å². The maximum Gasteiger partial charge on any atom is 0.133 e. The lowest BCUT2D eigenvalue weighted by Crippen LogP contribution is -2.13. The van der Waals surface area contributed by atoms with E-state index < -0.39 is 0 Å². The summed E-state index contributed by atoms with van der Waals surface area (Å²) in [6, 6.07) is 3.44. The lowest BCUT2D eigenvalue weighted by Gasteiger charge is -2.02. The first-order valence-corrected chi connectivity index (χ1v) is 5.87. The van der Waals surface area contributed by atoms with Crippen molar-refractivity contribution < 1.29 is 5.11 Å². The summed E-state index contributed by atoms with van der Waals surface area (Å²) in [6.45, 7) is 3.42. The average molecular weight is 235 g/mol. The van der Waals surface area contributed by atoms with E-state index in [2.05, 4.69) is 15.3 Å². The highest BCUT2D eigenvalue weighted by Crippen LogP contribution is 2.08. The van der Waals surface area contributed by atoms with Gasteiger partial charge in [0.15, 0.2) is 0 Å². The molecule has 5 heteroatoms. The molecule has 2 rings (SSSR count). The zero-order chi connectivity index (χ0) is 11.4. The van der Waals surface area contributed by atoms with E-state index in [9.17, 15) is 0 Å². The molecule has 0 bridgehead atoms. The summed E-state index contributed by atoms with van der Waals surface area (Å²) in [7, 11) is 0. The van der Waals surface area contributed by atoms with Gasteiger partial charge in [-0.3, -0.25) is 4.98 Å². The number of aromatic nitrogens is 2. The Bertz CT molecular complexity index is 453. The lowest BCUT2D eigenvalue weighted by atomic mass is 10.3. The van der Waals surface area contributed by atoms with E-state index in [0.29, 0.717) is 6.54 Å². The molecule has 0 spiro atoms. The minimum atomic E-state index is 0.193. The van der Waals surface area contributed by atoms with Crippen molar-refractivity contribution in [3.63, 3.8) is 0 Å². The number of thiazole rings is 1. The molecule has 0 unspecified atom stereocenters. The average Bonchev–Trinajstić information content (AvgIpc) is 2.67. The zero-order valence-corrected chi connectivity index (χ0v) is 9.79. The van der Waals surface area contributed by atoms with E-state index in [0.717, 1.165) is 22.9 Å². The van der Waals surface area contributed by atoms with Crippen LogP contribution in [0.2, 0.25) is 0 Å². The Hall–Kier alpha value is -1.46. The van der Waals surface area contributed by atoms with Gasteiger partial charge in [0.2, 0.25) is 0 Å². The first-order chi connectivity index (χ1) is 7.74. The van der Waals surface area contributed by atoms with Crippen LogP contribution in [0, 0.1) is 6.92 Å². The molecule has 0 saturated heterocycles. The normalized spacial score (nSPS) is 10.6. The van der Waals surface area contributed by atoms with Gasteiger partial charge in [-0.05, 0) is 19.1 Å². The van der Waals surface area contributed by atoms with Gasteiger partial charge < -0.3 is 10.4 Å². The maximum atomic E-state index is 9.07. The van der Waals surface area contributed by atoms with Gasteiger partial charge in [-0.1, -0.05) is 0 Å². The predicted molar refractivity (Wildman–Crippen MR) is 63.3 cm³/mol. The third-order valence-electron chi connectivity index (χ3n) is 2.09. The second-order valence-electron chi connectivity index (χ2n) is 3.47. The van der Waals surface area contributed by atoms with Crippen LogP contribution in [0.3, 0.4) is 0 Å². The molecule has 2 aromatic heterocycles. The summed E-state index contributed by atoms with van der Waals surface area (Å²) in [5, 5.41) is 15.5. The highest BCUT2D eigenvalue weighted by molar-refractivity contribution is 7.09. The van der Waals surface area contributed by atoms with Gasteiger partial charge in [0.05, 0.1) is 22.6 Å². The number of rotatable bonds is 4. The molecule has 0 aliphatic rings. The van der Waals surface area contributed by atoms with Crippen LogP contribution in [0.1, 0.15) is 16.4 Å². The van der Waals surface area contributed by atoms with Gasteiger partial charge in [0.1, 0.15) is 5.75 Å². The number of hydrogen-bond donors (Lipinski definition) is 2. The van der Waals surface area contributed by atoms with Crippen molar-refractivity contribution in [2.24, 2.45) is 0 Å². The van der Waals surface area contributed by atoms with E-state index in [1.165, 1.54) is 6.20 Å². The number of nitrogens with one attached hydrogen (secondary N) is 1. The van der Waals surface area contributed by atoms with Crippen LogP contribution in [-0.2, 0) is 13.1 Å². The van der Waals surface area contributed by atoms with E-state index in [4.69, 9.17) is 5.11 Å². The van der Waals surface area contributed by atoms with Crippen molar-refractivity contribution in [1.29, 1.82) is 0 Å². The maximum absolute atomic E-state index is 9.07. The van der Waals surface area contributed by atoms with Gasteiger partial charge in [0, 0.05) is 18.5 Å². The number of pyridine rings is 1. The van der Waals surface area contributed by atoms with Crippen molar-refractivity contribution in [1.82, 2.24) is 15.3 Å². The fraction of sp³-hybridized carbons (Fsp3) is 0.273. The molecule has 0 aromatic carbocycles. The molecule has 0 atom stereocenters. The summed E-state index contributed by atoms with van der Waals surface area (Å²) < 4.78 is 0. The molecule has 4 nitrogen and oxygen atoms in total. The molecule has 2 N–H and O–H groups in total. The monoisotopic (exact) mass is 235 g/mol. The fourth-order valence-corrected chi connectivity index (χ4v) is 1.94. The third-order valence-corrected chi connectivity index (χ3v) is 2.91. The van der Waals surface area contributed by atoms with E-state index in [1.807, 2.05) is 12.3 Å². The summed E-state index contributed by atoms with van der Waals surface area (Å²) >= 11 is 1.65. The molecule has 0 amide bonds. The predicted octanol–water partition coefficient (Wildman–Crippen LogP) is 1.84. The first-order valence-electron chi connectivity index (χ1n) is 4.99. The highest BCUT2D eigenvalue weighted by Gasteiger charge is 1.98. The SMILES string of the molecule is Cc1nc(CNCc2ccc(O)cn2)cs1. The van der Waals surface area contributed by atoms with Gasteiger partial charge in [-0.15, -0.1) is 11.3 Å². The van der Waals surface area contributed by atoms with Crippen molar-refractivity contribution >= 4 is 11.3 Å². The Labute approximate surface area is 98.0 Å². The highest BCUT2D eigenvalue weighted by atomic mass is 32.1. The van der Waals surface area contributed by atoms with Gasteiger partial charge in [-0.25, -0.2) is 4.98 Å². The van der Waals surface area contributed by atoms with Crippen molar-refractivity contribution in [2.75, 3.05) is 0 Å². The molecule has 0 radical (unpaired) electrons. The molecule has 0 aliphatic carbocycles. The molecule has 2 heterocycles. The van der Waals surface area contributed by atoms with Gasteiger partial charge in [-0.2, -0.15) is 0 Å². The topological polar surface area (TPSA) is 58.0 Å². The second kappa shape index (κ2) is 5.05. The van der Waals surface area contributed by atoms with Crippen LogP contribution in [0.5, 0.6) is 5.75 Å². The number of aromatic hydroxyl groups is 1. The molecule has 16 heavy (non-hydrogen) atoms. The summed E-state index contributed by atoms with van der Waals surface area (Å²) in [5.74, 6) is 0.193. The standard InChI is InChI=1S/C11H13N3OS/c1-8-14-10(7-16-8)5-12-4-9-2-3-11(15)6-13-9/h2-3,6-7,12,15H,4-5H2,1H3. The van der Waals surface area contributed by atoms with Crippen LogP contribution >= 0.6 is 11.3 Å². The minimum Gasteiger partial charge on any atom is -0.506 e. The molecule has 0 saturated carbocycles. The summed E-state index contributed by atoms with van der Waals surface area (Å²) in [6.07, 6.45) is 1.45. The zero-order valence-electron chi connectivity index (χ0n) is 8.97. The van der Waals surface area contributed by atoms with Crippen LogP contribution < -0.4 is 5.32 Å². The van der Waals surface area contributed by atoms with Crippen LogP contribution in [-0.4, -0.2) is 15.1 Å². The molecular formula is C11H13N3OS. The Kier molecular flexibility index (Phi) is 3.48. The summed E-state index contributed by atoms with van der Waals surface area (Å²) in [5.41, 5.74) is 1.96. The Morgan fingerprint density at radius 3 is 2.75 bits per heavy atom. The quantitative estimate of drug-likeness (QED) is 0.849. The number of aryl methyl sites for hydroxylation is 1. The minimum absolute atomic E-state index is 0.193. The van der Waals surface area contributed by atoms with Crippen molar-refractivity contribution in [2.45, 2.75) is 20.0 Å². The van der Waals surface area contributed by atoms with E-state index in [-0.39, 0.29) is 5.75 Å². The molecule has 0 fully saturated rings. The molecule has 2 aromatic rings. The molecular weight excluding hydrogens is 222 g/mol. The number of hydrogen-bond acceptors (Lipinski definition) is 5. The largest absolute Gasteiger partial charge is 0.506 e. The smallest absolute Gasteiger partial charge is 0.133 e. The van der Waals surface area contributed by atoms with Crippen molar-refractivity contribution in [3.05, 3.63) is 40.1 Å². The van der Waals surface area contributed by atoms with E-state index in [1.54, 1.807) is 23.5 Å².